The first kappa shape index (κ1) is 19.5. The molecule has 3 aromatic rings. The molecule has 0 saturated heterocycles. The molecular weight excluding hydrogens is 386 g/mol. The van der Waals surface area contributed by atoms with Crippen LogP contribution in [0.25, 0.3) is 0 Å². The Kier molecular flexibility index (Phi) is 5.38. The molecule has 0 saturated carbocycles. The van der Waals surface area contributed by atoms with E-state index in [4.69, 9.17) is 4.74 Å². The van der Waals surface area contributed by atoms with Gasteiger partial charge in [-0.05, 0) is 42.0 Å². The summed E-state index contributed by atoms with van der Waals surface area (Å²) in [7, 11) is 0. The summed E-state index contributed by atoms with van der Waals surface area (Å²) >= 11 is 0. The highest BCUT2D eigenvalue weighted by atomic mass is 16.5. The fourth-order valence-corrected chi connectivity index (χ4v) is 3.71. The first-order valence-corrected chi connectivity index (χ1v) is 9.68. The van der Waals surface area contributed by atoms with Crippen molar-refractivity contribution in [3.05, 3.63) is 91.8 Å². The maximum atomic E-state index is 12.6. The van der Waals surface area contributed by atoms with Gasteiger partial charge in [0.25, 0.3) is 11.5 Å². The van der Waals surface area contributed by atoms with Crippen LogP contribution in [0.2, 0.25) is 0 Å². The van der Waals surface area contributed by atoms with Gasteiger partial charge >= 0.3 is 5.69 Å². The predicted octanol–water partition coefficient (Wildman–Crippen LogP) is 2.16. The summed E-state index contributed by atoms with van der Waals surface area (Å²) in [6, 6.07) is 15.2. The Labute approximate surface area is 171 Å². The molecule has 30 heavy (non-hydrogen) atoms. The minimum Gasteiger partial charge on any atom is -0.501 e. The minimum absolute atomic E-state index is 0.330. The van der Waals surface area contributed by atoms with Crippen molar-refractivity contribution in [1.29, 1.82) is 0 Å². The Morgan fingerprint density at radius 1 is 1.10 bits per heavy atom. The highest BCUT2D eigenvalue weighted by Gasteiger charge is 2.26. The molecule has 0 spiro atoms. The van der Waals surface area contributed by atoms with E-state index in [-0.39, 0.29) is 6.04 Å². The third kappa shape index (κ3) is 3.98. The monoisotopic (exact) mass is 407 g/mol. The maximum Gasteiger partial charge on any atom is 0.326 e. The van der Waals surface area contributed by atoms with E-state index in [1.807, 2.05) is 53.5 Å². The average molecular weight is 407 g/mol. The molecule has 4 N–H and O–H groups in total. The van der Waals surface area contributed by atoms with E-state index in [9.17, 15) is 19.5 Å². The second kappa shape index (κ2) is 8.28. The van der Waals surface area contributed by atoms with Gasteiger partial charge in [-0.15, -0.1) is 0 Å². The number of H-pyrrole nitrogens is 2. The van der Waals surface area contributed by atoms with E-state index >= 15 is 0 Å². The van der Waals surface area contributed by atoms with Crippen molar-refractivity contribution in [3.8, 4) is 11.5 Å². The fourth-order valence-electron chi connectivity index (χ4n) is 3.71. The van der Waals surface area contributed by atoms with Gasteiger partial charge in [0, 0.05) is 0 Å². The number of nitrogens with one attached hydrogen (secondary N) is 3. The van der Waals surface area contributed by atoms with Crippen LogP contribution in [-0.4, -0.2) is 21.0 Å². The molecule has 1 aromatic heterocycles. The predicted molar refractivity (Wildman–Crippen MR) is 110 cm³/mol. The molecule has 0 bridgehead atoms. The maximum absolute atomic E-state index is 12.6. The first-order chi connectivity index (χ1) is 14.5. The van der Waals surface area contributed by atoms with E-state index in [1.54, 1.807) is 0 Å². The molecule has 0 fully saturated rings. The Balaban J connectivity index is 1.56. The van der Waals surface area contributed by atoms with Gasteiger partial charge in [-0.2, -0.15) is 0 Å². The summed E-state index contributed by atoms with van der Waals surface area (Å²) in [6.07, 6.45) is 2.34. The Morgan fingerprint density at radius 3 is 2.70 bits per heavy atom. The van der Waals surface area contributed by atoms with Crippen LogP contribution in [0.15, 0.2) is 58.1 Å². The summed E-state index contributed by atoms with van der Waals surface area (Å²) in [5.41, 5.74) is 0.686. The molecule has 1 aliphatic rings. The highest BCUT2D eigenvalue weighted by Crippen LogP contribution is 2.36. The summed E-state index contributed by atoms with van der Waals surface area (Å²) < 4.78 is 6.03. The zero-order chi connectivity index (χ0) is 21.1. The van der Waals surface area contributed by atoms with Gasteiger partial charge in [0.2, 0.25) is 5.75 Å². The van der Waals surface area contributed by atoms with E-state index < -0.39 is 28.6 Å². The van der Waals surface area contributed by atoms with Gasteiger partial charge < -0.3 is 15.2 Å². The number of amides is 1. The summed E-state index contributed by atoms with van der Waals surface area (Å²) in [6.45, 7) is 0.441. The molecule has 0 aliphatic heterocycles. The molecule has 154 valence electrons. The lowest BCUT2D eigenvalue weighted by Gasteiger charge is -2.28. The summed E-state index contributed by atoms with van der Waals surface area (Å²) in [5, 5.41) is 12.7. The quantitative estimate of drug-likeness (QED) is 0.516. The minimum atomic E-state index is -1.01. The highest BCUT2D eigenvalue weighted by molar-refractivity contribution is 5.94. The molecule has 8 heteroatoms. The number of aromatic amines is 2. The number of aromatic nitrogens is 2. The summed E-state index contributed by atoms with van der Waals surface area (Å²) in [4.78, 5) is 39.7. The largest absolute Gasteiger partial charge is 0.501 e. The van der Waals surface area contributed by atoms with Gasteiger partial charge in [-0.3, -0.25) is 19.6 Å². The molecular formula is C22H21N3O5. The second-order valence-electron chi connectivity index (χ2n) is 7.15. The number of hydrogen-bond donors (Lipinski definition) is 4. The Morgan fingerprint density at radius 2 is 1.90 bits per heavy atom. The summed E-state index contributed by atoms with van der Waals surface area (Å²) in [5.74, 6) is -0.769. The SMILES string of the molecule is O=C(N[C@@H]1CCCc2c(OCc3ccccc3)cccc21)c1[nH]c(=O)[nH]c(=O)c1O. The van der Waals surface area contributed by atoms with Crippen LogP contribution in [0.3, 0.4) is 0 Å². The third-order valence-corrected chi connectivity index (χ3v) is 5.15. The van der Waals surface area contributed by atoms with Crippen molar-refractivity contribution in [3.63, 3.8) is 0 Å². The van der Waals surface area contributed by atoms with E-state index in [0.717, 1.165) is 35.3 Å². The lowest BCUT2D eigenvalue weighted by molar-refractivity contribution is 0.0923. The van der Waals surface area contributed by atoms with Crippen LogP contribution in [0, 0.1) is 0 Å². The molecule has 2 aromatic carbocycles. The number of ether oxygens (including phenoxy) is 1. The number of carbonyl (C=O) groups is 1. The van der Waals surface area contributed by atoms with E-state index in [0.29, 0.717) is 13.0 Å². The standard InChI is InChI=1S/C22H21N3O5/c26-19-18(24-22(29)25-21(19)28)20(27)23-16-10-4-9-15-14(16)8-5-11-17(15)30-12-13-6-2-1-3-7-13/h1-3,5-8,11,16,26H,4,9-10,12H2,(H,23,27)(H2,24,25,28,29)/t16-/m1/s1. The van der Waals surface area contributed by atoms with Gasteiger partial charge in [-0.25, -0.2) is 4.79 Å². The molecule has 0 radical (unpaired) electrons. The normalized spacial score (nSPS) is 15.3. The van der Waals surface area contributed by atoms with Crippen molar-refractivity contribution in [1.82, 2.24) is 15.3 Å². The van der Waals surface area contributed by atoms with Gasteiger partial charge in [0.1, 0.15) is 12.4 Å². The number of carbonyl (C=O) groups excluding carboxylic acids is 1. The molecule has 1 atom stereocenters. The van der Waals surface area contributed by atoms with Gasteiger partial charge in [0.15, 0.2) is 5.69 Å². The topological polar surface area (TPSA) is 124 Å². The molecule has 4 rings (SSSR count). The van der Waals surface area contributed by atoms with Crippen LogP contribution < -0.4 is 21.3 Å². The molecule has 8 nitrogen and oxygen atoms in total. The zero-order valence-electron chi connectivity index (χ0n) is 16.1. The van der Waals surface area contributed by atoms with Crippen molar-refractivity contribution in [2.24, 2.45) is 0 Å². The number of aromatic hydroxyl groups is 1. The smallest absolute Gasteiger partial charge is 0.326 e. The Bertz CT molecular complexity index is 1180. The van der Waals surface area contributed by atoms with Crippen LogP contribution in [0.5, 0.6) is 11.5 Å². The van der Waals surface area contributed by atoms with Crippen LogP contribution in [-0.2, 0) is 13.0 Å². The van der Waals surface area contributed by atoms with Gasteiger partial charge in [-0.1, -0.05) is 42.5 Å². The number of rotatable bonds is 5. The molecule has 1 aliphatic carbocycles. The lowest BCUT2D eigenvalue weighted by Crippen LogP contribution is -2.35. The van der Waals surface area contributed by atoms with Crippen LogP contribution in [0.4, 0.5) is 0 Å². The van der Waals surface area contributed by atoms with E-state index in [2.05, 4.69) is 10.3 Å². The number of benzene rings is 2. The van der Waals surface area contributed by atoms with Gasteiger partial charge in [0.05, 0.1) is 6.04 Å². The molecule has 1 heterocycles. The molecule has 1 amide bonds. The molecule has 0 unspecified atom stereocenters. The van der Waals surface area contributed by atoms with Crippen molar-refractivity contribution < 1.29 is 14.6 Å². The zero-order valence-corrected chi connectivity index (χ0v) is 16.1. The first-order valence-electron chi connectivity index (χ1n) is 9.68. The van der Waals surface area contributed by atoms with E-state index in [1.165, 1.54) is 0 Å². The van der Waals surface area contributed by atoms with Crippen molar-refractivity contribution in [2.45, 2.75) is 31.9 Å². The Hall–Kier alpha value is -3.81. The lowest BCUT2D eigenvalue weighted by atomic mass is 9.87. The third-order valence-electron chi connectivity index (χ3n) is 5.15. The average Bonchev–Trinajstić information content (AvgIpc) is 2.75. The second-order valence-corrected chi connectivity index (χ2v) is 7.15. The van der Waals surface area contributed by atoms with Crippen LogP contribution >= 0.6 is 0 Å². The number of hydrogen-bond acceptors (Lipinski definition) is 5. The van der Waals surface area contributed by atoms with Crippen molar-refractivity contribution >= 4 is 5.91 Å². The van der Waals surface area contributed by atoms with Crippen molar-refractivity contribution in [2.75, 3.05) is 0 Å². The number of fused-ring (bicyclic) bond motifs is 1. The fraction of sp³-hybridized carbons (Fsp3) is 0.227. The van der Waals surface area contributed by atoms with Crippen LogP contribution in [0.1, 0.15) is 46.1 Å².